The van der Waals surface area contributed by atoms with E-state index >= 15 is 0 Å². The summed E-state index contributed by atoms with van der Waals surface area (Å²) in [5, 5.41) is 0. The Morgan fingerprint density at radius 1 is 0.800 bits per heavy atom. The first kappa shape index (κ1) is 17.9. The van der Waals surface area contributed by atoms with E-state index < -0.39 is 5.97 Å². The molecular weight excluding hydrogens is 376 g/mol. The lowest BCUT2D eigenvalue weighted by Gasteiger charge is -2.09. The van der Waals surface area contributed by atoms with Gasteiger partial charge in [-0.25, -0.2) is 14.8 Å². The molecule has 0 amide bonds. The van der Waals surface area contributed by atoms with Gasteiger partial charge in [-0.15, -0.1) is 0 Å². The third-order valence-corrected chi connectivity index (χ3v) is 4.84. The lowest BCUT2D eigenvalue weighted by molar-refractivity contribution is 0.0735. The average Bonchev–Trinajstić information content (AvgIpc) is 3.48. The van der Waals surface area contributed by atoms with Crippen LogP contribution in [0.2, 0.25) is 0 Å². The number of hydrogen-bond acceptors (Lipinski definition) is 4. The molecule has 0 atom stereocenters. The van der Waals surface area contributed by atoms with E-state index in [1.165, 1.54) is 0 Å². The van der Waals surface area contributed by atoms with Crippen LogP contribution in [0.3, 0.4) is 0 Å². The second kappa shape index (κ2) is 7.33. The van der Waals surface area contributed by atoms with E-state index in [4.69, 9.17) is 14.7 Å². The predicted octanol–water partition coefficient (Wildman–Crippen LogP) is 5.15. The molecule has 6 heteroatoms. The smallest absolute Gasteiger partial charge is 0.343 e. The number of nitrogens with one attached hydrogen (secondary N) is 2. The first-order valence-corrected chi connectivity index (χ1v) is 9.55. The zero-order valence-electron chi connectivity index (χ0n) is 16.2. The topological polar surface area (TPSA) is 83.7 Å². The molecule has 0 bridgehead atoms. The monoisotopic (exact) mass is 394 g/mol. The fourth-order valence-corrected chi connectivity index (χ4v) is 3.28. The molecule has 0 unspecified atom stereocenters. The summed E-state index contributed by atoms with van der Waals surface area (Å²) in [6.45, 7) is 1.98. The largest absolute Gasteiger partial charge is 0.423 e. The van der Waals surface area contributed by atoms with Gasteiger partial charge in [-0.1, -0.05) is 17.7 Å². The molecule has 146 valence electrons. The highest BCUT2D eigenvalue weighted by Gasteiger charge is 2.16. The van der Waals surface area contributed by atoms with Crippen LogP contribution in [0.25, 0.3) is 33.8 Å². The number of aryl methyl sites for hydroxylation is 1. The molecule has 0 saturated heterocycles. The summed E-state index contributed by atoms with van der Waals surface area (Å²) in [5.41, 5.74) is 6.01. The lowest BCUT2D eigenvalue weighted by atomic mass is 10.1. The fourth-order valence-electron chi connectivity index (χ4n) is 3.28. The summed E-state index contributed by atoms with van der Waals surface area (Å²) in [6, 6.07) is 20.3. The van der Waals surface area contributed by atoms with Crippen molar-refractivity contribution >= 4 is 17.0 Å². The van der Waals surface area contributed by atoms with Crippen LogP contribution >= 0.6 is 0 Å². The maximum absolute atomic E-state index is 12.6. The fraction of sp³-hybridized carbons (Fsp3) is 0.0417. The molecule has 3 heterocycles. The SMILES string of the molecule is Cc1ccc(OC(=O)c2ccc3nc(-c4ccc[nH]4)c(-c4ccc[nH]4)nc3c2)cc1. The Bertz CT molecular complexity index is 1320. The minimum atomic E-state index is -0.433. The number of rotatable bonds is 4. The Balaban J connectivity index is 1.56. The highest BCUT2D eigenvalue weighted by atomic mass is 16.5. The van der Waals surface area contributed by atoms with Gasteiger partial charge in [0.05, 0.1) is 28.0 Å². The number of esters is 1. The number of benzene rings is 2. The molecule has 2 aromatic carbocycles. The van der Waals surface area contributed by atoms with Gasteiger partial charge >= 0.3 is 5.97 Å². The van der Waals surface area contributed by atoms with Crippen molar-refractivity contribution in [3.05, 3.63) is 90.3 Å². The molecule has 5 aromatic rings. The molecule has 6 nitrogen and oxygen atoms in total. The van der Waals surface area contributed by atoms with E-state index in [1.54, 1.807) is 30.3 Å². The molecule has 0 aliphatic rings. The maximum Gasteiger partial charge on any atom is 0.343 e. The summed E-state index contributed by atoms with van der Waals surface area (Å²) in [6.07, 6.45) is 3.69. The predicted molar refractivity (Wildman–Crippen MR) is 115 cm³/mol. The van der Waals surface area contributed by atoms with Crippen molar-refractivity contribution in [2.24, 2.45) is 0 Å². The number of carbonyl (C=O) groups is 1. The molecule has 0 spiro atoms. The van der Waals surface area contributed by atoms with Gasteiger partial charge in [0.1, 0.15) is 17.1 Å². The summed E-state index contributed by atoms with van der Waals surface area (Å²) < 4.78 is 5.49. The lowest BCUT2D eigenvalue weighted by Crippen LogP contribution is -2.08. The van der Waals surface area contributed by atoms with E-state index in [0.29, 0.717) is 28.0 Å². The minimum Gasteiger partial charge on any atom is -0.423 e. The summed E-state index contributed by atoms with van der Waals surface area (Å²) in [4.78, 5) is 28.6. The zero-order chi connectivity index (χ0) is 20.5. The van der Waals surface area contributed by atoms with Crippen LogP contribution in [0.1, 0.15) is 15.9 Å². The zero-order valence-corrected chi connectivity index (χ0v) is 16.2. The standard InChI is InChI=1S/C24H18N4O2/c1-15-6-9-17(10-7-15)30-24(29)16-8-11-18-21(14-16)28-23(20-5-3-13-26-20)22(27-18)19-4-2-12-25-19/h2-14,25-26H,1H3. The normalized spacial score (nSPS) is 11.0. The van der Waals surface area contributed by atoms with E-state index in [-0.39, 0.29) is 0 Å². The van der Waals surface area contributed by atoms with Crippen molar-refractivity contribution in [3.63, 3.8) is 0 Å². The van der Waals surface area contributed by atoms with Gasteiger partial charge in [-0.2, -0.15) is 0 Å². The van der Waals surface area contributed by atoms with Crippen LogP contribution in [0.5, 0.6) is 5.75 Å². The van der Waals surface area contributed by atoms with Crippen LogP contribution in [0.4, 0.5) is 0 Å². The van der Waals surface area contributed by atoms with Crippen LogP contribution in [0.15, 0.2) is 79.1 Å². The van der Waals surface area contributed by atoms with Gasteiger partial charge in [-0.05, 0) is 61.5 Å². The number of nitrogens with zero attached hydrogens (tertiary/aromatic N) is 2. The van der Waals surface area contributed by atoms with Crippen molar-refractivity contribution in [2.45, 2.75) is 6.92 Å². The number of aromatic nitrogens is 4. The molecule has 0 saturated carbocycles. The number of carbonyl (C=O) groups excluding carboxylic acids is 1. The van der Waals surface area contributed by atoms with Crippen molar-refractivity contribution < 1.29 is 9.53 Å². The maximum atomic E-state index is 12.6. The minimum absolute atomic E-state index is 0.419. The van der Waals surface area contributed by atoms with E-state index in [0.717, 1.165) is 22.6 Å². The van der Waals surface area contributed by atoms with E-state index in [9.17, 15) is 4.79 Å². The molecule has 2 N–H and O–H groups in total. The second-order valence-electron chi connectivity index (χ2n) is 6.99. The number of ether oxygens (including phenoxy) is 1. The summed E-state index contributed by atoms with van der Waals surface area (Å²) in [5.74, 6) is 0.0726. The van der Waals surface area contributed by atoms with Crippen LogP contribution in [-0.4, -0.2) is 25.9 Å². The van der Waals surface area contributed by atoms with Gasteiger partial charge in [-0.3, -0.25) is 0 Å². The average molecular weight is 394 g/mol. The molecular formula is C24H18N4O2. The van der Waals surface area contributed by atoms with Crippen LogP contribution in [-0.2, 0) is 0 Å². The first-order chi connectivity index (χ1) is 14.7. The van der Waals surface area contributed by atoms with Crippen LogP contribution < -0.4 is 4.74 Å². The quantitative estimate of drug-likeness (QED) is 0.326. The second-order valence-corrected chi connectivity index (χ2v) is 6.99. The van der Waals surface area contributed by atoms with Crippen molar-refractivity contribution in [1.82, 2.24) is 19.9 Å². The molecule has 0 fully saturated rings. The third-order valence-electron chi connectivity index (χ3n) is 4.84. The number of hydrogen-bond donors (Lipinski definition) is 2. The molecule has 0 aliphatic heterocycles. The molecule has 30 heavy (non-hydrogen) atoms. The number of fused-ring (bicyclic) bond motifs is 1. The summed E-state index contributed by atoms with van der Waals surface area (Å²) in [7, 11) is 0. The summed E-state index contributed by atoms with van der Waals surface area (Å²) >= 11 is 0. The van der Waals surface area contributed by atoms with Gasteiger partial charge in [0.25, 0.3) is 0 Å². The van der Waals surface area contributed by atoms with Crippen LogP contribution in [0, 0.1) is 6.92 Å². The van der Waals surface area contributed by atoms with Crippen molar-refractivity contribution in [2.75, 3.05) is 0 Å². The van der Waals surface area contributed by atoms with Gasteiger partial charge in [0.2, 0.25) is 0 Å². The highest BCUT2D eigenvalue weighted by Crippen LogP contribution is 2.29. The Kier molecular flexibility index (Phi) is 4.37. The first-order valence-electron chi connectivity index (χ1n) is 9.55. The molecule has 3 aromatic heterocycles. The molecule has 0 aliphatic carbocycles. The van der Waals surface area contributed by atoms with E-state index in [1.807, 2.05) is 55.7 Å². The molecule has 5 rings (SSSR count). The Hall–Kier alpha value is -4.19. The Labute approximate surface area is 172 Å². The van der Waals surface area contributed by atoms with E-state index in [2.05, 4.69) is 9.97 Å². The van der Waals surface area contributed by atoms with Gasteiger partial charge in [0, 0.05) is 12.4 Å². The number of aromatic amines is 2. The molecule has 0 radical (unpaired) electrons. The highest BCUT2D eigenvalue weighted by molar-refractivity contribution is 5.95. The Morgan fingerprint density at radius 3 is 2.03 bits per heavy atom. The van der Waals surface area contributed by atoms with Gasteiger partial charge < -0.3 is 14.7 Å². The third kappa shape index (κ3) is 3.35. The Morgan fingerprint density at radius 2 is 1.43 bits per heavy atom. The number of H-pyrrole nitrogens is 2. The van der Waals surface area contributed by atoms with Gasteiger partial charge in [0.15, 0.2) is 0 Å². The van der Waals surface area contributed by atoms with Crippen molar-refractivity contribution in [3.8, 4) is 28.5 Å². The van der Waals surface area contributed by atoms with Crippen molar-refractivity contribution in [1.29, 1.82) is 0 Å².